The molecule has 2 aromatic carbocycles. The van der Waals surface area contributed by atoms with Gasteiger partial charge in [-0.25, -0.2) is 4.79 Å². The van der Waals surface area contributed by atoms with Crippen molar-refractivity contribution < 1.29 is 37.3 Å². The Labute approximate surface area is 162 Å². The summed E-state index contributed by atoms with van der Waals surface area (Å²) >= 11 is 5.89. The van der Waals surface area contributed by atoms with E-state index in [1.165, 1.54) is 18.2 Å². The van der Waals surface area contributed by atoms with Gasteiger partial charge in [0.25, 0.3) is 0 Å². The fraction of sp³-hybridized carbons (Fsp3) is 0.222. The van der Waals surface area contributed by atoms with Crippen molar-refractivity contribution in [2.24, 2.45) is 0 Å². The monoisotopic (exact) mass is 417 g/mol. The maximum absolute atomic E-state index is 12.2. The van der Waals surface area contributed by atoms with Gasteiger partial charge < -0.3 is 19.9 Å². The summed E-state index contributed by atoms with van der Waals surface area (Å²) in [6.45, 7) is 1.54. The minimum Gasteiger partial charge on any atom is -0.487 e. The molecule has 0 radical (unpaired) electrons. The quantitative estimate of drug-likeness (QED) is 0.671. The van der Waals surface area contributed by atoms with Crippen molar-refractivity contribution in [2.45, 2.75) is 26.3 Å². The fourth-order valence-electron chi connectivity index (χ4n) is 2.16. The number of nitrogens with one attached hydrogen (secondary N) is 1. The highest BCUT2D eigenvalue weighted by Crippen LogP contribution is 2.32. The van der Waals surface area contributed by atoms with Crippen molar-refractivity contribution in [3.63, 3.8) is 0 Å². The lowest BCUT2D eigenvalue weighted by molar-refractivity contribution is -0.274. The molecule has 0 heterocycles. The Morgan fingerprint density at radius 2 is 1.89 bits per heavy atom. The summed E-state index contributed by atoms with van der Waals surface area (Å²) in [5.74, 6) is -1.97. The highest BCUT2D eigenvalue weighted by Gasteiger charge is 2.31. The third-order valence-corrected chi connectivity index (χ3v) is 3.74. The van der Waals surface area contributed by atoms with Crippen molar-refractivity contribution in [1.82, 2.24) is 0 Å². The van der Waals surface area contributed by atoms with Gasteiger partial charge in [0.05, 0.1) is 16.3 Å². The minimum absolute atomic E-state index is 0.0939. The zero-order valence-electron chi connectivity index (χ0n) is 14.5. The molecule has 0 aliphatic heterocycles. The number of ether oxygens (including phenoxy) is 2. The third kappa shape index (κ3) is 6.05. The van der Waals surface area contributed by atoms with Crippen LogP contribution < -0.4 is 14.8 Å². The van der Waals surface area contributed by atoms with Gasteiger partial charge in [-0.15, -0.1) is 13.2 Å². The SMILES string of the molecule is CCC(=O)Nc1ccc(COc2ccc(OC(F)(F)F)cc2Cl)cc1C(=O)O. The average Bonchev–Trinajstić information content (AvgIpc) is 2.60. The summed E-state index contributed by atoms with van der Waals surface area (Å²) in [5, 5.41) is 11.7. The van der Waals surface area contributed by atoms with Crippen LogP contribution in [0.2, 0.25) is 5.02 Å². The molecule has 28 heavy (non-hydrogen) atoms. The molecule has 0 unspecified atom stereocenters. The zero-order valence-corrected chi connectivity index (χ0v) is 15.2. The molecule has 0 fully saturated rings. The molecule has 2 N–H and O–H groups in total. The van der Waals surface area contributed by atoms with E-state index in [2.05, 4.69) is 10.1 Å². The van der Waals surface area contributed by atoms with E-state index >= 15 is 0 Å². The van der Waals surface area contributed by atoms with E-state index < -0.39 is 18.1 Å². The molecule has 0 aliphatic carbocycles. The first-order valence-corrected chi connectivity index (χ1v) is 8.31. The second-order valence-electron chi connectivity index (χ2n) is 5.52. The molecule has 0 spiro atoms. The fourth-order valence-corrected chi connectivity index (χ4v) is 2.39. The Bertz CT molecular complexity index is 886. The molecule has 0 saturated carbocycles. The molecule has 150 valence electrons. The summed E-state index contributed by atoms with van der Waals surface area (Å²) in [4.78, 5) is 22.9. The van der Waals surface area contributed by atoms with E-state index in [1.807, 2.05) is 0 Å². The highest BCUT2D eigenvalue weighted by molar-refractivity contribution is 6.32. The van der Waals surface area contributed by atoms with E-state index in [-0.39, 0.29) is 41.0 Å². The molecule has 6 nitrogen and oxygen atoms in total. The van der Waals surface area contributed by atoms with Crippen molar-refractivity contribution in [2.75, 3.05) is 5.32 Å². The lowest BCUT2D eigenvalue weighted by atomic mass is 10.1. The number of aromatic carboxylic acids is 1. The first kappa shape index (κ1) is 21.4. The van der Waals surface area contributed by atoms with Crippen LogP contribution in [0.3, 0.4) is 0 Å². The normalized spacial score (nSPS) is 11.0. The number of carbonyl (C=O) groups is 2. The predicted octanol–water partition coefficient (Wildman–Crippen LogP) is 4.86. The first-order valence-electron chi connectivity index (χ1n) is 7.93. The molecular weight excluding hydrogens is 403 g/mol. The summed E-state index contributed by atoms with van der Waals surface area (Å²) in [6, 6.07) is 7.50. The van der Waals surface area contributed by atoms with E-state index in [4.69, 9.17) is 16.3 Å². The Balaban J connectivity index is 2.13. The maximum atomic E-state index is 12.2. The lowest BCUT2D eigenvalue weighted by Crippen LogP contribution is -2.17. The van der Waals surface area contributed by atoms with E-state index in [1.54, 1.807) is 13.0 Å². The van der Waals surface area contributed by atoms with Crippen molar-refractivity contribution in [1.29, 1.82) is 0 Å². The van der Waals surface area contributed by atoms with Gasteiger partial charge in [-0.2, -0.15) is 0 Å². The number of hydrogen-bond acceptors (Lipinski definition) is 4. The Morgan fingerprint density at radius 3 is 2.46 bits per heavy atom. The van der Waals surface area contributed by atoms with Crippen LogP contribution in [0, 0.1) is 0 Å². The third-order valence-electron chi connectivity index (χ3n) is 3.44. The molecule has 1 amide bonds. The molecule has 0 saturated heterocycles. The Morgan fingerprint density at radius 1 is 1.18 bits per heavy atom. The molecular formula is C18H15ClF3NO5. The summed E-state index contributed by atoms with van der Waals surface area (Å²) in [6.07, 6.45) is -4.65. The molecule has 0 atom stereocenters. The van der Waals surface area contributed by atoms with Crippen molar-refractivity contribution >= 4 is 29.2 Å². The number of carboxylic acids is 1. The number of anilines is 1. The standard InChI is InChI=1S/C18H15ClF3NO5/c1-2-16(24)23-14-5-3-10(7-12(14)17(25)26)9-27-15-6-4-11(8-13(15)19)28-18(20,21)22/h3-8H,2,9H2,1H3,(H,23,24)(H,25,26). The molecule has 2 rings (SSSR count). The second kappa shape index (κ2) is 8.83. The van der Waals surface area contributed by atoms with Gasteiger partial charge in [0.2, 0.25) is 5.91 Å². The Hall–Kier alpha value is -2.94. The first-order chi connectivity index (χ1) is 13.1. The van der Waals surface area contributed by atoms with Gasteiger partial charge in [0.15, 0.2) is 0 Å². The van der Waals surface area contributed by atoms with Crippen LogP contribution in [0.25, 0.3) is 0 Å². The van der Waals surface area contributed by atoms with Gasteiger partial charge in [-0.05, 0) is 29.8 Å². The molecule has 0 bridgehead atoms. The number of rotatable bonds is 7. The van der Waals surface area contributed by atoms with Crippen LogP contribution in [-0.2, 0) is 11.4 Å². The van der Waals surface area contributed by atoms with Gasteiger partial charge in [0.1, 0.15) is 18.1 Å². The van der Waals surface area contributed by atoms with Crippen LogP contribution in [0.15, 0.2) is 36.4 Å². The van der Waals surface area contributed by atoms with E-state index in [0.29, 0.717) is 5.56 Å². The number of amides is 1. The lowest BCUT2D eigenvalue weighted by Gasteiger charge is -2.13. The van der Waals surface area contributed by atoms with Crippen LogP contribution >= 0.6 is 11.6 Å². The largest absolute Gasteiger partial charge is 0.573 e. The summed E-state index contributed by atoms with van der Waals surface area (Å²) < 4.78 is 45.8. The summed E-state index contributed by atoms with van der Waals surface area (Å²) in [5.41, 5.74) is 0.483. The van der Waals surface area contributed by atoms with Crippen molar-refractivity contribution in [3.05, 3.63) is 52.5 Å². The van der Waals surface area contributed by atoms with Gasteiger partial charge >= 0.3 is 12.3 Å². The second-order valence-corrected chi connectivity index (χ2v) is 5.92. The number of halogens is 4. The molecule has 0 aromatic heterocycles. The van der Waals surface area contributed by atoms with Crippen molar-refractivity contribution in [3.8, 4) is 11.5 Å². The number of carbonyl (C=O) groups excluding carboxylic acids is 1. The van der Waals surface area contributed by atoms with Crippen LogP contribution in [0.5, 0.6) is 11.5 Å². The predicted molar refractivity (Wildman–Crippen MR) is 94.8 cm³/mol. The Kier molecular flexibility index (Phi) is 6.74. The molecule has 0 aliphatic rings. The molecule has 2 aromatic rings. The topological polar surface area (TPSA) is 84.9 Å². The van der Waals surface area contributed by atoms with Gasteiger partial charge in [-0.1, -0.05) is 24.6 Å². The zero-order chi connectivity index (χ0) is 20.9. The van der Waals surface area contributed by atoms with Gasteiger partial charge in [-0.3, -0.25) is 4.79 Å². The molecule has 10 heteroatoms. The number of benzene rings is 2. The smallest absolute Gasteiger partial charge is 0.487 e. The number of hydrogen-bond donors (Lipinski definition) is 2. The highest BCUT2D eigenvalue weighted by atomic mass is 35.5. The number of alkyl halides is 3. The summed E-state index contributed by atoms with van der Waals surface area (Å²) in [7, 11) is 0. The minimum atomic E-state index is -4.84. The van der Waals surface area contributed by atoms with E-state index in [9.17, 15) is 27.9 Å². The van der Waals surface area contributed by atoms with E-state index in [0.717, 1.165) is 12.1 Å². The maximum Gasteiger partial charge on any atom is 0.573 e. The van der Waals surface area contributed by atoms with Crippen LogP contribution in [-0.4, -0.2) is 23.3 Å². The average molecular weight is 418 g/mol. The number of carboxylic acid groups (broad SMARTS) is 1. The van der Waals surface area contributed by atoms with Crippen LogP contribution in [0.1, 0.15) is 29.3 Å². The van der Waals surface area contributed by atoms with Gasteiger partial charge in [0, 0.05) is 12.5 Å². The van der Waals surface area contributed by atoms with Crippen LogP contribution in [0.4, 0.5) is 18.9 Å².